The van der Waals surface area contributed by atoms with Gasteiger partial charge in [0.15, 0.2) is 0 Å². The lowest BCUT2D eigenvalue weighted by molar-refractivity contribution is -0.137. The maximum absolute atomic E-state index is 12.8. The first-order chi connectivity index (χ1) is 11.6. The molecule has 3 rings (SSSR count). The Morgan fingerprint density at radius 2 is 2.17 bits per heavy atom. The summed E-state index contributed by atoms with van der Waals surface area (Å²) in [5.41, 5.74) is 1.41. The molecule has 6 nitrogen and oxygen atoms in total. The maximum atomic E-state index is 12.8. The molecule has 2 N–H and O–H groups in total. The third kappa shape index (κ3) is 3.46. The van der Waals surface area contributed by atoms with Crippen molar-refractivity contribution in [2.75, 3.05) is 6.54 Å². The van der Waals surface area contributed by atoms with Gasteiger partial charge in [-0.05, 0) is 30.7 Å². The molecule has 2 aromatic heterocycles. The fourth-order valence-electron chi connectivity index (χ4n) is 2.50. The van der Waals surface area contributed by atoms with E-state index in [0.29, 0.717) is 5.56 Å². The quantitative estimate of drug-likeness (QED) is 0.720. The van der Waals surface area contributed by atoms with Gasteiger partial charge in [0.2, 0.25) is 0 Å². The highest BCUT2D eigenvalue weighted by Gasteiger charge is 2.20. The van der Waals surface area contributed by atoms with Gasteiger partial charge in [-0.3, -0.25) is 9.59 Å². The number of amides is 1. The number of carbonyl (C=O) groups is 2. The highest BCUT2D eigenvalue weighted by atomic mass is 32.1. The van der Waals surface area contributed by atoms with E-state index in [4.69, 9.17) is 5.11 Å². The number of rotatable bonds is 6. The molecule has 0 aliphatic carbocycles. The monoisotopic (exact) mass is 343 g/mol. The van der Waals surface area contributed by atoms with Gasteiger partial charge in [0.05, 0.1) is 11.6 Å². The van der Waals surface area contributed by atoms with Crippen LogP contribution in [0.1, 0.15) is 27.2 Å². The average molecular weight is 343 g/mol. The van der Waals surface area contributed by atoms with Crippen LogP contribution >= 0.6 is 11.3 Å². The van der Waals surface area contributed by atoms with Crippen LogP contribution in [-0.2, 0) is 17.8 Å². The fourth-order valence-corrected chi connectivity index (χ4v) is 3.38. The molecule has 0 saturated carbocycles. The highest BCUT2D eigenvalue weighted by molar-refractivity contribution is 7.11. The molecule has 0 unspecified atom stereocenters. The average Bonchev–Trinajstić information content (AvgIpc) is 3.21. The number of thiazole rings is 1. The van der Waals surface area contributed by atoms with E-state index in [9.17, 15) is 9.59 Å². The van der Waals surface area contributed by atoms with Gasteiger partial charge in [-0.15, -0.1) is 11.3 Å². The van der Waals surface area contributed by atoms with Crippen LogP contribution in [-0.4, -0.2) is 38.4 Å². The minimum absolute atomic E-state index is 0.244. The lowest BCUT2D eigenvalue weighted by Gasteiger charge is -2.20. The third-order valence-electron chi connectivity index (χ3n) is 3.66. The van der Waals surface area contributed by atoms with Gasteiger partial charge >= 0.3 is 5.97 Å². The summed E-state index contributed by atoms with van der Waals surface area (Å²) in [7, 11) is 0. The zero-order valence-corrected chi connectivity index (χ0v) is 14.0. The van der Waals surface area contributed by atoms with Gasteiger partial charge in [0, 0.05) is 33.7 Å². The summed E-state index contributed by atoms with van der Waals surface area (Å²) in [4.78, 5) is 33.5. The zero-order chi connectivity index (χ0) is 17.1. The topological polar surface area (TPSA) is 86.3 Å². The second kappa shape index (κ2) is 6.84. The number of nitrogens with one attached hydrogen (secondary N) is 1. The van der Waals surface area contributed by atoms with Crippen LogP contribution in [0.3, 0.4) is 0 Å². The standard InChI is InChI=1S/C17H17N3O3S/c1-2-15-19-8-13(24-15)9-20(10-16(21)22)17(23)12-3-4-14-11(7-12)5-6-18-14/h3-8,18H,2,9-10H2,1H3,(H,21,22). The molecule has 124 valence electrons. The van der Waals surface area contributed by atoms with E-state index >= 15 is 0 Å². The molecular formula is C17H17N3O3S. The van der Waals surface area contributed by atoms with E-state index in [1.807, 2.05) is 19.1 Å². The molecule has 0 aliphatic rings. The first kappa shape index (κ1) is 16.2. The van der Waals surface area contributed by atoms with Crippen molar-refractivity contribution in [1.82, 2.24) is 14.9 Å². The Hall–Kier alpha value is -2.67. The summed E-state index contributed by atoms with van der Waals surface area (Å²) in [6.45, 7) is 1.91. The van der Waals surface area contributed by atoms with E-state index in [1.54, 1.807) is 24.5 Å². The van der Waals surface area contributed by atoms with Gasteiger partial charge in [0.25, 0.3) is 5.91 Å². The van der Waals surface area contributed by atoms with Gasteiger partial charge in [-0.25, -0.2) is 4.98 Å². The molecule has 7 heteroatoms. The van der Waals surface area contributed by atoms with Gasteiger partial charge in [-0.1, -0.05) is 6.92 Å². The van der Waals surface area contributed by atoms with E-state index in [-0.39, 0.29) is 19.0 Å². The first-order valence-corrected chi connectivity index (χ1v) is 8.40. The number of aromatic nitrogens is 2. The zero-order valence-electron chi connectivity index (χ0n) is 13.2. The third-order valence-corrected chi connectivity index (χ3v) is 4.79. The lowest BCUT2D eigenvalue weighted by Crippen LogP contribution is -2.34. The second-order valence-corrected chi connectivity index (χ2v) is 6.61. The Morgan fingerprint density at radius 1 is 1.33 bits per heavy atom. The van der Waals surface area contributed by atoms with Crippen LogP contribution in [0.25, 0.3) is 10.9 Å². The summed E-state index contributed by atoms with van der Waals surface area (Å²) in [6.07, 6.45) is 4.33. The normalized spacial score (nSPS) is 10.9. The summed E-state index contributed by atoms with van der Waals surface area (Å²) >= 11 is 1.50. The number of H-pyrrole nitrogens is 1. The van der Waals surface area contributed by atoms with E-state index in [0.717, 1.165) is 27.2 Å². The number of hydrogen-bond donors (Lipinski definition) is 2. The molecule has 2 heterocycles. The molecule has 24 heavy (non-hydrogen) atoms. The number of aryl methyl sites for hydroxylation is 1. The number of benzene rings is 1. The van der Waals surface area contributed by atoms with E-state index < -0.39 is 5.97 Å². The fraction of sp³-hybridized carbons (Fsp3) is 0.235. The van der Waals surface area contributed by atoms with Crippen molar-refractivity contribution in [3.05, 3.63) is 52.1 Å². The molecule has 1 amide bonds. The number of carboxylic acid groups (broad SMARTS) is 1. The van der Waals surface area contributed by atoms with Crippen LogP contribution in [0, 0.1) is 0 Å². The molecular weight excluding hydrogens is 326 g/mol. The second-order valence-electron chi connectivity index (χ2n) is 5.41. The van der Waals surface area contributed by atoms with Crippen molar-refractivity contribution in [2.45, 2.75) is 19.9 Å². The molecule has 0 bridgehead atoms. The molecule has 0 aliphatic heterocycles. The largest absolute Gasteiger partial charge is 0.480 e. The number of nitrogens with zero attached hydrogens (tertiary/aromatic N) is 2. The SMILES string of the molecule is CCc1ncc(CN(CC(=O)O)C(=O)c2ccc3[nH]ccc3c2)s1. The van der Waals surface area contributed by atoms with Crippen molar-refractivity contribution in [2.24, 2.45) is 0 Å². The first-order valence-electron chi connectivity index (χ1n) is 7.58. The minimum Gasteiger partial charge on any atom is -0.480 e. The molecule has 0 atom stereocenters. The van der Waals surface area contributed by atoms with Gasteiger partial charge in [-0.2, -0.15) is 0 Å². The van der Waals surface area contributed by atoms with Crippen LogP contribution in [0.15, 0.2) is 36.7 Å². The summed E-state index contributed by atoms with van der Waals surface area (Å²) in [6, 6.07) is 7.18. The molecule has 0 fully saturated rings. The molecule has 1 aromatic carbocycles. The summed E-state index contributed by atoms with van der Waals surface area (Å²) in [5, 5.41) is 11.0. The van der Waals surface area contributed by atoms with Crippen LogP contribution in [0.5, 0.6) is 0 Å². The van der Waals surface area contributed by atoms with E-state index in [1.165, 1.54) is 16.2 Å². The number of aromatic amines is 1. The highest BCUT2D eigenvalue weighted by Crippen LogP contribution is 2.19. The number of carboxylic acids is 1. The minimum atomic E-state index is -1.04. The summed E-state index contributed by atoms with van der Waals surface area (Å²) < 4.78 is 0. The predicted octanol–water partition coefficient (Wildman–Crippen LogP) is 2.91. The molecule has 0 saturated heterocycles. The maximum Gasteiger partial charge on any atom is 0.323 e. The van der Waals surface area contributed by atoms with Crippen molar-refractivity contribution in [3.8, 4) is 0 Å². The lowest BCUT2D eigenvalue weighted by atomic mass is 10.1. The smallest absolute Gasteiger partial charge is 0.323 e. The molecule has 0 spiro atoms. The number of fused-ring (bicyclic) bond motifs is 1. The number of carbonyl (C=O) groups excluding carboxylic acids is 1. The van der Waals surface area contributed by atoms with Gasteiger partial charge in [0.1, 0.15) is 6.54 Å². The van der Waals surface area contributed by atoms with Crippen LogP contribution in [0.2, 0.25) is 0 Å². The Balaban J connectivity index is 1.85. The Bertz CT molecular complexity index is 884. The van der Waals surface area contributed by atoms with Crippen molar-refractivity contribution >= 4 is 34.1 Å². The van der Waals surface area contributed by atoms with Crippen LogP contribution in [0.4, 0.5) is 0 Å². The van der Waals surface area contributed by atoms with Crippen molar-refractivity contribution in [3.63, 3.8) is 0 Å². The predicted molar refractivity (Wildman–Crippen MR) is 92.2 cm³/mol. The Morgan fingerprint density at radius 3 is 2.88 bits per heavy atom. The molecule has 3 aromatic rings. The molecule has 0 radical (unpaired) electrons. The van der Waals surface area contributed by atoms with Gasteiger partial charge < -0.3 is 15.0 Å². The Kier molecular flexibility index (Phi) is 4.61. The number of hydrogen-bond acceptors (Lipinski definition) is 4. The van der Waals surface area contributed by atoms with Crippen LogP contribution < -0.4 is 0 Å². The summed E-state index contributed by atoms with van der Waals surface area (Å²) in [5.74, 6) is -1.33. The van der Waals surface area contributed by atoms with E-state index in [2.05, 4.69) is 9.97 Å². The Labute approximate surface area is 142 Å². The van der Waals surface area contributed by atoms with Crippen molar-refractivity contribution in [1.29, 1.82) is 0 Å². The number of aliphatic carboxylic acids is 1. The van der Waals surface area contributed by atoms with Crippen molar-refractivity contribution < 1.29 is 14.7 Å².